The van der Waals surface area contributed by atoms with Gasteiger partial charge >= 0.3 is 6.03 Å². The van der Waals surface area contributed by atoms with Crippen LogP contribution < -0.4 is 16.0 Å². The van der Waals surface area contributed by atoms with Crippen molar-refractivity contribution in [3.8, 4) is 0 Å². The van der Waals surface area contributed by atoms with Crippen molar-refractivity contribution in [3.05, 3.63) is 28.8 Å². The van der Waals surface area contributed by atoms with Crippen molar-refractivity contribution in [3.63, 3.8) is 0 Å². The summed E-state index contributed by atoms with van der Waals surface area (Å²) < 4.78 is 0. The van der Waals surface area contributed by atoms with Crippen LogP contribution in [-0.2, 0) is 0 Å². The minimum Gasteiger partial charge on any atom is -0.355 e. The van der Waals surface area contributed by atoms with Gasteiger partial charge in [0.25, 0.3) is 5.91 Å². The number of likely N-dealkylation sites (tertiary alicyclic amines) is 1. The van der Waals surface area contributed by atoms with E-state index in [1.807, 2.05) is 0 Å². The zero-order chi connectivity index (χ0) is 17.5. The first-order chi connectivity index (χ1) is 11.5. The normalized spacial score (nSPS) is 15.8. The van der Waals surface area contributed by atoms with Gasteiger partial charge in [0.15, 0.2) is 0 Å². The topological polar surface area (TPSA) is 73.5 Å². The molecule has 0 aromatic heterocycles. The second kappa shape index (κ2) is 8.89. The molecule has 0 bridgehead atoms. The highest BCUT2D eigenvalue weighted by molar-refractivity contribution is 6.34. The number of nitrogens with zero attached hydrogens (tertiary/aromatic N) is 1. The Labute approximate surface area is 147 Å². The van der Waals surface area contributed by atoms with Gasteiger partial charge in [-0.3, -0.25) is 4.79 Å². The lowest BCUT2D eigenvalue weighted by atomic mass is 10.1. The molecule has 3 amide bonds. The molecule has 0 radical (unpaired) electrons. The summed E-state index contributed by atoms with van der Waals surface area (Å²) >= 11 is 6.09. The number of carbonyl (C=O) groups excluding carboxylic acids is 2. The van der Waals surface area contributed by atoms with Crippen LogP contribution in [0.4, 0.5) is 10.5 Å². The Balaban J connectivity index is 1.85. The number of halogens is 1. The van der Waals surface area contributed by atoms with Gasteiger partial charge in [0, 0.05) is 31.9 Å². The fraction of sp³-hybridized carbons (Fsp3) is 0.529. The molecule has 0 aliphatic carbocycles. The zero-order valence-corrected chi connectivity index (χ0v) is 14.9. The Kier molecular flexibility index (Phi) is 6.87. The Hall–Kier alpha value is -1.79. The van der Waals surface area contributed by atoms with Crippen LogP contribution in [0.15, 0.2) is 18.2 Å². The molecule has 0 saturated carbocycles. The van der Waals surface area contributed by atoms with Crippen molar-refractivity contribution in [1.82, 2.24) is 15.5 Å². The average molecular weight is 353 g/mol. The molecule has 1 aliphatic heterocycles. The smallest absolute Gasteiger partial charge is 0.319 e. The third kappa shape index (κ3) is 5.11. The van der Waals surface area contributed by atoms with E-state index in [1.165, 1.54) is 0 Å². The molecule has 1 saturated heterocycles. The minimum atomic E-state index is -0.255. The number of rotatable bonds is 5. The Morgan fingerprint density at radius 3 is 2.58 bits per heavy atom. The molecule has 1 aromatic carbocycles. The lowest BCUT2D eigenvalue weighted by molar-refractivity contribution is 0.0963. The summed E-state index contributed by atoms with van der Waals surface area (Å²) in [7, 11) is 1.55. The van der Waals surface area contributed by atoms with Crippen molar-refractivity contribution in [1.29, 1.82) is 0 Å². The number of benzene rings is 1. The van der Waals surface area contributed by atoms with Gasteiger partial charge in [-0.25, -0.2) is 4.79 Å². The second-order valence-corrected chi connectivity index (χ2v) is 6.40. The lowest BCUT2D eigenvalue weighted by Gasteiger charge is -2.32. The molecule has 132 valence electrons. The second-order valence-electron chi connectivity index (χ2n) is 5.99. The molecule has 1 heterocycles. The van der Waals surface area contributed by atoms with Crippen LogP contribution in [0.5, 0.6) is 0 Å². The average Bonchev–Trinajstić information content (AvgIpc) is 2.56. The monoisotopic (exact) mass is 352 g/mol. The number of nitrogens with one attached hydrogen (secondary N) is 3. The summed E-state index contributed by atoms with van der Waals surface area (Å²) in [5.74, 6) is -0.255. The van der Waals surface area contributed by atoms with E-state index in [-0.39, 0.29) is 18.0 Å². The highest BCUT2D eigenvalue weighted by atomic mass is 35.5. The third-order valence-corrected chi connectivity index (χ3v) is 4.47. The largest absolute Gasteiger partial charge is 0.355 e. The maximum Gasteiger partial charge on any atom is 0.319 e. The van der Waals surface area contributed by atoms with Crippen LogP contribution in [0.2, 0.25) is 5.02 Å². The molecule has 0 atom stereocenters. The highest BCUT2D eigenvalue weighted by Gasteiger charge is 2.20. The van der Waals surface area contributed by atoms with E-state index in [0.717, 1.165) is 38.9 Å². The molecule has 1 aliphatic rings. The molecule has 1 aromatic rings. The van der Waals surface area contributed by atoms with Gasteiger partial charge in [-0.15, -0.1) is 0 Å². The molecule has 6 nitrogen and oxygen atoms in total. The van der Waals surface area contributed by atoms with E-state index in [4.69, 9.17) is 11.6 Å². The van der Waals surface area contributed by atoms with Crippen molar-refractivity contribution in [2.24, 2.45) is 0 Å². The van der Waals surface area contributed by atoms with Crippen LogP contribution in [0, 0.1) is 0 Å². The van der Waals surface area contributed by atoms with Crippen LogP contribution in [-0.4, -0.2) is 49.6 Å². The highest BCUT2D eigenvalue weighted by Crippen LogP contribution is 2.21. The van der Waals surface area contributed by atoms with Gasteiger partial charge in [0.05, 0.1) is 10.6 Å². The number of carbonyl (C=O) groups is 2. The van der Waals surface area contributed by atoms with Crippen LogP contribution in [0.3, 0.4) is 0 Å². The molecule has 2 rings (SSSR count). The van der Waals surface area contributed by atoms with Gasteiger partial charge in [0.2, 0.25) is 0 Å². The van der Waals surface area contributed by atoms with E-state index in [0.29, 0.717) is 16.3 Å². The molecule has 7 heteroatoms. The van der Waals surface area contributed by atoms with Gasteiger partial charge in [-0.1, -0.05) is 18.5 Å². The maximum atomic E-state index is 12.1. The summed E-state index contributed by atoms with van der Waals surface area (Å²) in [6.07, 6.45) is 3.08. The minimum absolute atomic E-state index is 0.193. The fourth-order valence-electron chi connectivity index (χ4n) is 2.88. The van der Waals surface area contributed by atoms with Crippen LogP contribution in [0.25, 0.3) is 0 Å². The summed E-state index contributed by atoms with van der Waals surface area (Å²) in [6.45, 7) is 5.34. The van der Waals surface area contributed by atoms with Crippen molar-refractivity contribution in [2.75, 3.05) is 32.0 Å². The zero-order valence-electron chi connectivity index (χ0n) is 14.2. The van der Waals surface area contributed by atoms with Crippen molar-refractivity contribution >= 4 is 29.2 Å². The van der Waals surface area contributed by atoms with E-state index in [1.54, 1.807) is 25.2 Å². The van der Waals surface area contributed by atoms with Gasteiger partial charge in [-0.05, 0) is 44.0 Å². The summed E-state index contributed by atoms with van der Waals surface area (Å²) in [5.41, 5.74) is 0.946. The first-order valence-corrected chi connectivity index (χ1v) is 8.72. The first kappa shape index (κ1) is 18.5. The van der Waals surface area contributed by atoms with Gasteiger partial charge < -0.3 is 20.9 Å². The van der Waals surface area contributed by atoms with Crippen LogP contribution >= 0.6 is 11.6 Å². The third-order valence-electron chi connectivity index (χ3n) is 4.16. The van der Waals surface area contributed by atoms with E-state index < -0.39 is 0 Å². The summed E-state index contributed by atoms with van der Waals surface area (Å²) in [4.78, 5) is 26.1. The van der Waals surface area contributed by atoms with Gasteiger partial charge in [0.1, 0.15) is 0 Å². The van der Waals surface area contributed by atoms with Crippen molar-refractivity contribution < 1.29 is 9.59 Å². The Bertz CT molecular complexity index is 586. The molecule has 3 N–H and O–H groups in total. The van der Waals surface area contributed by atoms with E-state index >= 15 is 0 Å². The molecular formula is C17H25ClN4O2. The van der Waals surface area contributed by atoms with Crippen molar-refractivity contribution in [2.45, 2.75) is 32.2 Å². The number of anilines is 1. The number of urea groups is 1. The predicted octanol–water partition coefficient (Wildman–Crippen LogP) is 2.70. The van der Waals surface area contributed by atoms with Crippen LogP contribution in [0.1, 0.15) is 36.5 Å². The van der Waals surface area contributed by atoms with Gasteiger partial charge in [-0.2, -0.15) is 0 Å². The molecule has 1 fully saturated rings. The molecule has 0 spiro atoms. The summed E-state index contributed by atoms with van der Waals surface area (Å²) in [5, 5.41) is 8.60. The Morgan fingerprint density at radius 1 is 1.29 bits per heavy atom. The van der Waals surface area contributed by atoms with E-state index in [9.17, 15) is 9.59 Å². The summed E-state index contributed by atoms with van der Waals surface area (Å²) in [6, 6.07) is 4.79. The standard InChI is InChI=1S/C17H25ClN4O2/c1-3-8-22-9-6-12(7-10-22)20-17(24)21-13-4-5-14(15(18)11-13)16(23)19-2/h4-5,11-12H,3,6-10H2,1-2H3,(H,19,23)(H2,20,21,24). The number of hydrogen-bond donors (Lipinski definition) is 3. The Morgan fingerprint density at radius 2 is 2.00 bits per heavy atom. The fourth-order valence-corrected chi connectivity index (χ4v) is 3.15. The first-order valence-electron chi connectivity index (χ1n) is 8.35. The predicted molar refractivity (Wildman–Crippen MR) is 96.7 cm³/mol. The quantitative estimate of drug-likeness (QED) is 0.762. The molecule has 0 unspecified atom stereocenters. The molecule has 24 heavy (non-hydrogen) atoms. The number of piperidine rings is 1. The van der Waals surface area contributed by atoms with E-state index in [2.05, 4.69) is 27.8 Å². The number of amides is 3. The molecular weight excluding hydrogens is 328 g/mol. The maximum absolute atomic E-state index is 12.1. The lowest BCUT2D eigenvalue weighted by Crippen LogP contribution is -2.46. The SMILES string of the molecule is CCCN1CCC(NC(=O)Nc2ccc(C(=O)NC)c(Cl)c2)CC1. The number of hydrogen-bond acceptors (Lipinski definition) is 3.